The van der Waals surface area contributed by atoms with E-state index in [4.69, 9.17) is 0 Å². The van der Waals surface area contributed by atoms with Gasteiger partial charge in [0.15, 0.2) is 3.86 Å². The molecular weight excluding hydrogens is 604 g/mol. The Morgan fingerprint density at radius 1 is 0.909 bits per heavy atom. The Balaban J connectivity index is 3.86. The highest BCUT2D eigenvalue weighted by atomic mass is 127. The van der Waals surface area contributed by atoms with Crippen LogP contribution in [0.4, 0.5) is 0 Å². The summed E-state index contributed by atoms with van der Waals surface area (Å²) in [6, 6.07) is 0. The number of hydrogen-bond donors (Lipinski definition) is 0. The van der Waals surface area contributed by atoms with E-state index in [2.05, 4.69) is 4.74 Å². The molecule has 64 valence electrons. The Labute approximate surface area is 118 Å². The van der Waals surface area contributed by atoms with Crippen LogP contribution >= 0.6 is 90.4 Å². The van der Waals surface area contributed by atoms with Crippen LogP contribution in [0.2, 0.25) is 0 Å². The lowest BCUT2D eigenvalue weighted by Gasteiger charge is -2.02. The second-order valence-corrected chi connectivity index (χ2v) is 11.1. The Kier molecular flexibility index (Phi) is 7.72. The van der Waals surface area contributed by atoms with Crippen LogP contribution < -0.4 is 0 Å². The molecule has 0 aliphatic carbocycles. The molecule has 0 spiro atoms. The number of carbonyl (C=O) groups is 2. The van der Waals surface area contributed by atoms with Crippen molar-refractivity contribution in [3.05, 3.63) is 0 Å². The summed E-state index contributed by atoms with van der Waals surface area (Å²) in [5, 5.41) is 0. The summed E-state index contributed by atoms with van der Waals surface area (Å²) in [4.78, 5) is 21.6. The number of halogens is 4. The molecule has 0 bridgehead atoms. The molecule has 3 nitrogen and oxygen atoms in total. The number of rotatable bonds is 2. The lowest BCUT2D eigenvalue weighted by Crippen LogP contribution is -2.20. The first-order chi connectivity index (χ1) is 4.95. The molecule has 0 amide bonds. The molecule has 11 heavy (non-hydrogen) atoms. The van der Waals surface area contributed by atoms with Crippen molar-refractivity contribution in [2.45, 2.75) is 3.86 Å². The summed E-state index contributed by atoms with van der Waals surface area (Å²) in [6.45, 7) is 0. The third kappa shape index (κ3) is 6.17. The summed E-state index contributed by atoms with van der Waals surface area (Å²) in [7, 11) is 0. The second kappa shape index (κ2) is 6.50. The molecule has 0 N–H and O–H groups in total. The van der Waals surface area contributed by atoms with Gasteiger partial charge in [-0.15, -0.1) is 0 Å². The van der Waals surface area contributed by atoms with Gasteiger partial charge in [0.05, 0.1) is 0 Å². The van der Waals surface area contributed by atoms with Crippen molar-refractivity contribution >= 4 is 102 Å². The lowest BCUT2D eigenvalue weighted by atomic mass is 10.7. The quantitative estimate of drug-likeness (QED) is 0.210. The second-order valence-electron chi connectivity index (χ2n) is 1.34. The highest BCUT2D eigenvalue weighted by Crippen LogP contribution is 2.15. The Morgan fingerprint density at radius 3 is 1.36 bits per heavy atom. The monoisotopic (exact) mass is 606 g/mol. The van der Waals surface area contributed by atoms with E-state index in [9.17, 15) is 9.59 Å². The minimum absolute atomic E-state index is 0.305. The van der Waals surface area contributed by atoms with E-state index in [0.29, 0.717) is 0 Å². The first-order valence-electron chi connectivity index (χ1n) is 2.27. The van der Waals surface area contributed by atoms with Gasteiger partial charge in [-0.1, -0.05) is 90.4 Å². The summed E-state index contributed by atoms with van der Waals surface area (Å²) in [5.41, 5.74) is 0. The van der Waals surface area contributed by atoms with Crippen molar-refractivity contribution in [1.82, 2.24) is 0 Å². The van der Waals surface area contributed by atoms with E-state index >= 15 is 0 Å². The molecule has 0 aromatic rings. The van der Waals surface area contributed by atoms with Crippen LogP contribution in [-0.4, -0.2) is 15.8 Å². The van der Waals surface area contributed by atoms with E-state index in [0.717, 1.165) is 0 Å². The van der Waals surface area contributed by atoms with Crippen LogP contribution in [0.15, 0.2) is 0 Å². The zero-order valence-corrected chi connectivity index (χ0v) is 13.5. The largest absolute Gasteiger partial charge is 0.390 e. The van der Waals surface area contributed by atoms with Crippen LogP contribution in [-0.2, 0) is 14.3 Å². The summed E-state index contributed by atoms with van der Waals surface area (Å²) in [6.07, 6.45) is 0. The van der Waals surface area contributed by atoms with Crippen LogP contribution in [0.3, 0.4) is 0 Å². The number of carbonyl (C=O) groups excluding carboxylic acids is 2. The van der Waals surface area contributed by atoms with Crippen molar-refractivity contribution in [1.29, 1.82) is 0 Å². The zero-order valence-electron chi connectivity index (χ0n) is 4.89. The molecule has 0 aromatic heterocycles. The number of hydrogen-bond acceptors (Lipinski definition) is 3. The number of ether oxygens (including phenoxy) is 1. The molecule has 0 radical (unpaired) electrons. The normalized spacial score (nSPS) is 10.4. The molecule has 0 unspecified atom stereocenters. The van der Waals surface area contributed by atoms with Gasteiger partial charge in [-0.3, -0.25) is 0 Å². The summed E-state index contributed by atoms with van der Waals surface area (Å²) < 4.78 is 3.86. The van der Waals surface area contributed by atoms with Crippen LogP contribution in [0.25, 0.3) is 0 Å². The fraction of sp³-hybridized carbons (Fsp3) is 0.500. The highest BCUT2D eigenvalue weighted by molar-refractivity contribution is 14.2. The number of esters is 2. The van der Waals surface area contributed by atoms with Crippen molar-refractivity contribution in [3.63, 3.8) is 0 Å². The van der Waals surface area contributed by atoms with Crippen molar-refractivity contribution < 1.29 is 14.3 Å². The number of alkyl halides is 4. The smallest absolute Gasteiger partial charge is 0.336 e. The van der Waals surface area contributed by atoms with E-state index < -0.39 is 11.9 Å². The minimum atomic E-state index is -0.491. The molecular formula is C4H2I4O3. The fourth-order valence-electron chi connectivity index (χ4n) is 0.188. The Morgan fingerprint density at radius 2 is 1.18 bits per heavy atom. The van der Waals surface area contributed by atoms with Crippen LogP contribution in [0, 0.1) is 0 Å². The predicted molar refractivity (Wildman–Crippen MR) is 74.8 cm³/mol. The third-order valence-corrected chi connectivity index (χ3v) is 2.59. The van der Waals surface area contributed by atoms with Gasteiger partial charge in [0.25, 0.3) is 0 Å². The van der Waals surface area contributed by atoms with Gasteiger partial charge in [0, 0.05) is 0 Å². The predicted octanol–water partition coefficient (Wildman–Crippen LogP) is 2.45. The topological polar surface area (TPSA) is 43.4 Å². The first kappa shape index (κ1) is 13.1. The Bertz CT molecular complexity index is 149. The maximum atomic E-state index is 10.8. The van der Waals surface area contributed by atoms with Crippen LogP contribution in [0.5, 0.6) is 0 Å². The molecule has 0 saturated carbocycles. The molecule has 0 atom stereocenters. The summed E-state index contributed by atoms with van der Waals surface area (Å²) >= 11 is 7.52. The molecule has 0 aliphatic heterocycles. The fourth-order valence-corrected chi connectivity index (χ4v) is 0.697. The molecule has 0 fully saturated rings. The maximum Gasteiger partial charge on any atom is 0.336 e. The van der Waals surface area contributed by atoms with Gasteiger partial charge >= 0.3 is 11.9 Å². The SMILES string of the molecule is O=C(OC(=O)C(I)I)C(I)I. The molecule has 0 rings (SSSR count). The van der Waals surface area contributed by atoms with Crippen LogP contribution in [0.1, 0.15) is 0 Å². The third-order valence-electron chi connectivity index (χ3n) is 0.558. The molecule has 0 saturated heterocycles. The molecule has 7 heteroatoms. The first-order valence-corrected chi connectivity index (χ1v) is 7.25. The van der Waals surface area contributed by atoms with Gasteiger partial charge in [-0.2, -0.15) is 0 Å². The van der Waals surface area contributed by atoms with Crippen molar-refractivity contribution in [2.24, 2.45) is 0 Å². The van der Waals surface area contributed by atoms with E-state index in [-0.39, 0.29) is 3.86 Å². The summed E-state index contributed by atoms with van der Waals surface area (Å²) in [5.74, 6) is -0.982. The molecule has 0 aromatic carbocycles. The van der Waals surface area contributed by atoms with Gasteiger partial charge in [0.1, 0.15) is 0 Å². The average molecular weight is 606 g/mol. The van der Waals surface area contributed by atoms with E-state index in [1.54, 1.807) is 0 Å². The van der Waals surface area contributed by atoms with Gasteiger partial charge in [0.2, 0.25) is 0 Å². The van der Waals surface area contributed by atoms with Crippen molar-refractivity contribution in [2.75, 3.05) is 0 Å². The average Bonchev–Trinajstić information content (AvgIpc) is 1.87. The standard InChI is InChI=1S/C4H2I4O3/c5-1(6)3(9)11-4(10)2(7)8/h1-2H. The molecule has 0 heterocycles. The maximum absolute atomic E-state index is 10.8. The molecule has 0 aliphatic rings. The van der Waals surface area contributed by atoms with Gasteiger partial charge in [-0.05, 0) is 0 Å². The van der Waals surface area contributed by atoms with Gasteiger partial charge < -0.3 is 4.74 Å². The van der Waals surface area contributed by atoms with Gasteiger partial charge in [-0.25, -0.2) is 9.59 Å². The Hall–Kier alpha value is 2.06. The zero-order chi connectivity index (χ0) is 9.02. The highest BCUT2D eigenvalue weighted by Gasteiger charge is 2.20. The van der Waals surface area contributed by atoms with E-state index in [1.165, 1.54) is 0 Å². The lowest BCUT2D eigenvalue weighted by molar-refractivity contribution is -0.155. The van der Waals surface area contributed by atoms with E-state index in [1.807, 2.05) is 90.4 Å². The minimum Gasteiger partial charge on any atom is -0.390 e. The van der Waals surface area contributed by atoms with Crippen molar-refractivity contribution in [3.8, 4) is 0 Å².